The van der Waals surface area contributed by atoms with E-state index in [1.54, 1.807) is 17.0 Å². The zero-order chi connectivity index (χ0) is 16.8. The van der Waals surface area contributed by atoms with E-state index in [4.69, 9.17) is 4.74 Å². The Labute approximate surface area is 140 Å². The predicted molar refractivity (Wildman–Crippen MR) is 94.8 cm³/mol. The molecule has 1 N–H and O–H groups in total. The van der Waals surface area contributed by atoms with Gasteiger partial charge in [-0.15, -0.1) is 0 Å². The van der Waals surface area contributed by atoms with Crippen molar-refractivity contribution in [1.29, 1.82) is 0 Å². The first-order chi connectivity index (χ1) is 11.8. The standard InChI is InChI=1S/C19H19N3O2/c1-2-24-17-11-7-6-10-16(17)22-13-12-20-18(19(22)23)21-14-15-8-4-3-5-9-15/h3-13H,2,14H2,1H3,(H,20,21). The molecule has 0 aliphatic carbocycles. The molecule has 0 saturated carbocycles. The van der Waals surface area contributed by atoms with E-state index in [0.29, 0.717) is 30.4 Å². The zero-order valence-corrected chi connectivity index (χ0v) is 13.5. The molecule has 0 amide bonds. The first-order valence-corrected chi connectivity index (χ1v) is 7.87. The highest BCUT2D eigenvalue weighted by Crippen LogP contribution is 2.21. The van der Waals surface area contributed by atoms with Crippen molar-refractivity contribution in [2.75, 3.05) is 11.9 Å². The number of hydrogen-bond acceptors (Lipinski definition) is 4. The number of nitrogens with one attached hydrogen (secondary N) is 1. The molecule has 0 atom stereocenters. The van der Waals surface area contributed by atoms with Crippen LogP contribution in [0.2, 0.25) is 0 Å². The number of benzene rings is 2. The van der Waals surface area contributed by atoms with Crippen molar-refractivity contribution < 1.29 is 4.74 Å². The summed E-state index contributed by atoms with van der Waals surface area (Å²) < 4.78 is 7.16. The molecule has 3 rings (SSSR count). The molecule has 1 heterocycles. The monoisotopic (exact) mass is 321 g/mol. The summed E-state index contributed by atoms with van der Waals surface area (Å²) >= 11 is 0. The van der Waals surface area contributed by atoms with Gasteiger partial charge in [0.25, 0.3) is 5.56 Å². The van der Waals surface area contributed by atoms with Crippen LogP contribution in [-0.2, 0) is 6.54 Å². The SMILES string of the molecule is CCOc1ccccc1-n1ccnc(NCc2ccccc2)c1=O. The molecule has 3 aromatic rings. The molecule has 2 aromatic carbocycles. The molecular weight excluding hydrogens is 302 g/mol. The molecule has 0 spiro atoms. The summed E-state index contributed by atoms with van der Waals surface area (Å²) in [5.41, 5.74) is 1.58. The maximum absolute atomic E-state index is 12.7. The molecule has 5 nitrogen and oxygen atoms in total. The van der Waals surface area contributed by atoms with Crippen molar-refractivity contribution in [2.24, 2.45) is 0 Å². The van der Waals surface area contributed by atoms with E-state index in [9.17, 15) is 4.79 Å². The summed E-state index contributed by atoms with van der Waals surface area (Å²) in [6.07, 6.45) is 3.26. The van der Waals surface area contributed by atoms with Crippen molar-refractivity contribution in [3.05, 3.63) is 82.9 Å². The Morgan fingerprint density at radius 1 is 1.08 bits per heavy atom. The molecular formula is C19H19N3O2. The lowest BCUT2D eigenvalue weighted by Crippen LogP contribution is -2.23. The first-order valence-electron chi connectivity index (χ1n) is 7.87. The third-order valence-corrected chi connectivity index (χ3v) is 3.57. The predicted octanol–water partition coefficient (Wildman–Crippen LogP) is 3.24. The molecule has 24 heavy (non-hydrogen) atoms. The largest absolute Gasteiger partial charge is 0.492 e. The highest BCUT2D eigenvalue weighted by atomic mass is 16.5. The Bertz CT molecular complexity index is 860. The molecule has 0 aliphatic rings. The summed E-state index contributed by atoms with van der Waals surface area (Å²) in [4.78, 5) is 16.9. The third-order valence-electron chi connectivity index (χ3n) is 3.57. The van der Waals surface area contributed by atoms with Crippen LogP contribution in [0.1, 0.15) is 12.5 Å². The van der Waals surface area contributed by atoms with Crippen LogP contribution in [0.15, 0.2) is 71.8 Å². The number of aromatic nitrogens is 2. The molecule has 0 unspecified atom stereocenters. The van der Waals surface area contributed by atoms with E-state index < -0.39 is 0 Å². The summed E-state index contributed by atoms with van der Waals surface area (Å²) in [5.74, 6) is 0.981. The van der Waals surface area contributed by atoms with Gasteiger partial charge in [-0.25, -0.2) is 4.98 Å². The van der Waals surface area contributed by atoms with Gasteiger partial charge in [0.15, 0.2) is 5.82 Å². The summed E-state index contributed by atoms with van der Waals surface area (Å²) in [6.45, 7) is 3.00. The number of rotatable bonds is 6. The van der Waals surface area contributed by atoms with E-state index in [2.05, 4.69) is 10.3 Å². The van der Waals surface area contributed by atoms with E-state index in [1.165, 1.54) is 0 Å². The van der Waals surface area contributed by atoms with Gasteiger partial charge in [0, 0.05) is 18.9 Å². The average molecular weight is 321 g/mol. The van der Waals surface area contributed by atoms with Crippen LogP contribution in [0, 0.1) is 0 Å². The fraction of sp³-hybridized carbons (Fsp3) is 0.158. The summed E-state index contributed by atoms with van der Waals surface area (Å²) in [6, 6.07) is 17.4. The second-order valence-electron chi connectivity index (χ2n) is 5.19. The molecule has 1 aromatic heterocycles. The third kappa shape index (κ3) is 3.46. The minimum Gasteiger partial charge on any atom is -0.492 e. The van der Waals surface area contributed by atoms with Crippen LogP contribution in [0.4, 0.5) is 5.82 Å². The lowest BCUT2D eigenvalue weighted by Gasteiger charge is -2.13. The van der Waals surface area contributed by atoms with Gasteiger partial charge in [0.1, 0.15) is 5.75 Å². The van der Waals surface area contributed by atoms with Gasteiger partial charge in [-0.2, -0.15) is 0 Å². The summed E-state index contributed by atoms with van der Waals surface area (Å²) in [5, 5.41) is 3.11. The van der Waals surface area contributed by atoms with E-state index in [-0.39, 0.29) is 5.56 Å². The normalized spacial score (nSPS) is 10.4. The quantitative estimate of drug-likeness (QED) is 0.757. The Kier molecular flexibility index (Phi) is 4.91. The molecule has 122 valence electrons. The number of anilines is 1. The second-order valence-corrected chi connectivity index (χ2v) is 5.19. The molecule has 0 bridgehead atoms. The van der Waals surface area contributed by atoms with Crippen molar-refractivity contribution in [2.45, 2.75) is 13.5 Å². The second kappa shape index (κ2) is 7.46. The minimum atomic E-state index is -0.208. The van der Waals surface area contributed by atoms with Crippen LogP contribution >= 0.6 is 0 Å². The van der Waals surface area contributed by atoms with Gasteiger partial charge in [0.2, 0.25) is 0 Å². The van der Waals surface area contributed by atoms with Crippen molar-refractivity contribution in [3.63, 3.8) is 0 Å². The van der Waals surface area contributed by atoms with Gasteiger partial charge in [-0.1, -0.05) is 42.5 Å². The van der Waals surface area contributed by atoms with E-state index >= 15 is 0 Å². The fourth-order valence-electron chi connectivity index (χ4n) is 2.44. The van der Waals surface area contributed by atoms with Crippen LogP contribution in [0.25, 0.3) is 5.69 Å². The maximum Gasteiger partial charge on any atom is 0.297 e. The fourth-order valence-corrected chi connectivity index (χ4v) is 2.44. The topological polar surface area (TPSA) is 56.1 Å². The number of ether oxygens (including phenoxy) is 1. The van der Waals surface area contributed by atoms with E-state index in [1.807, 2.05) is 61.5 Å². The Morgan fingerprint density at radius 2 is 1.83 bits per heavy atom. The van der Waals surface area contributed by atoms with Crippen LogP contribution in [0.5, 0.6) is 5.75 Å². The minimum absolute atomic E-state index is 0.208. The van der Waals surface area contributed by atoms with Crippen LogP contribution < -0.4 is 15.6 Å². The van der Waals surface area contributed by atoms with Gasteiger partial charge >= 0.3 is 0 Å². The van der Waals surface area contributed by atoms with Crippen molar-refractivity contribution in [1.82, 2.24) is 9.55 Å². The van der Waals surface area contributed by atoms with Gasteiger partial charge in [-0.05, 0) is 24.6 Å². The Balaban J connectivity index is 1.90. The lowest BCUT2D eigenvalue weighted by molar-refractivity contribution is 0.339. The number of nitrogens with zero attached hydrogens (tertiary/aromatic N) is 2. The number of hydrogen-bond donors (Lipinski definition) is 1. The smallest absolute Gasteiger partial charge is 0.297 e. The van der Waals surface area contributed by atoms with Crippen LogP contribution in [0.3, 0.4) is 0 Å². The van der Waals surface area contributed by atoms with Gasteiger partial charge < -0.3 is 10.1 Å². The lowest BCUT2D eigenvalue weighted by atomic mass is 10.2. The van der Waals surface area contributed by atoms with Crippen molar-refractivity contribution >= 4 is 5.82 Å². The van der Waals surface area contributed by atoms with Gasteiger partial charge in [0.05, 0.1) is 12.3 Å². The molecule has 0 saturated heterocycles. The molecule has 0 aliphatic heterocycles. The average Bonchev–Trinajstić information content (AvgIpc) is 2.63. The Morgan fingerprint density at radius 3 is 2.62 bits per heavy atom. The van der Waals surface area contributed by atoms with Gasteiger partial charge in [-0.3, -0.25) is 9.36 Å². The highest BCUT2D eigenvalue weighted by molar-refractivity contribution is 5.48. The zero-order valence-electron chi connectivity index (χ0n) is 13.5. The Hall–Kier alpha value is -3.08. The molecule has 0 radical (unpaired) electrons. The summed E-state index contributed by atoms with van der Waals surface area (Å²) in [7, 11) is 0. The molecule has 0 fully saturated rings. The maximum atomic E-state index is 12.7. The van der Waals surface area contributed by atoms with Crippen LogP contribution in [-0.4, -0.2) is 16.2 Å². The highest BCUT2D eigenvalue weighted by Gasteiger charge is 2.10. The molecule has 5 heteroatoms. The number of para-hydroxylation sites is 2. The first kappa shape index (κ1) is 15.8. The van der Waals surface area contributed by atoms with E-state index in [0.717, 1.165) is 5.56 Å². The van der Waals surface area contributed by atoms with Crippen molar-refractivity contribution in [3.8, 4) is 11.4 Å².